The summed E-state index contributed by atoms with van der Waals surface area (Å²) in [5.74, 6) is -0.569. The van der Waals surface area contributed by atoms with E-state index in [2.05, 4.69) is 20.7 Å². The number of hydrogen-bond donors (Lipinski definition) is 4. The highest BCUT2D eigenvalue weighted by atomic mass is 32.2. The lowest BCUT2D eigenvalue weighted by atomic mass is 9.95. The van der Waals surface area contributed by atoms with E-state index >= 15 is 0 Å². The number of halogens is 1. The van der Waals surface area contributed by atoms with Crippen LogP contribution >= 0.6 is 0 Å². The third kappa shape index (κ3) is 6.79. The Morgan fingerprint density at radius 2 is 1.09 bits per heavy atom. The van der Waals surface area contributed by atoms with E-state index < -0.39 is 27.3 Å². The fraction of sp³-hybridized carbons (Fsp3) is 0.167. The molecule has 0 spiro atoms. The SMILES string of the molecule is CC(C)(C)C(=O)Nc1ccc(NS(=O)(=O)c2ccc(NC(=O)Nc3ccc(F)cc3)cc2)cc1. The van der Waals surface area contributed by atoms with Crippen molar-refractivity contribution < 1.29 is 22.4 Å². The largest absolute Gasteiger partial charge is 0.326 e. The summed E-state index contributed by atoms with van der Waals surface area (Å²) in [6.07, 6.45) is 0. The Bertz CT molecular complexity index is 1270. The average molecular weight is 485 g/mol. The number of amides is 3. The summed E-state index contributed by atoms with van der Waals surface area (Å²) < 4.78 is 40.8. The summed E-state index contributed by atoms with van der Waals surface area (Å²) in [7, 11) is -3.87. The number of urea groups is 1. The molecule has 0 fully saturated rings. The Labute approximate surface area is 197 Å². The summed E-state index contributed by atoms with van der Waals surface area (Å²) in [5, 5.41) is 7.89. The monoisotopic (exact) mass is 484 g/mol. The number of anilines is 4. The third-order valence-corrected chi connectivity index (χ3v) is 6.00. The van der Waals surface area contributed by atoms with Crippen LogP contribution in [-0.2, 0) is 14.8 Å². The van der Waals surface area contributed by atoms with Crippen LogP contribution in [0, 0.1) is 11.2 Å². The number of carbonyl (C=O) groups is 2. The highest BCUT2D eigenvalue weighted by molar-refractivity contribution is 7.92. The maximum atomic E-state index is 12.9. The van der Waals surface area contributed by atoms with Gasteiger partial charge in [0, 0.05) is 28.2 Å². The molecule has 0 radical (unpaired) electrons. The molecule has 0 bridgehead atoms. The van der Waals surface area contributed by atoms with Gasteiger partial charge >= 0.3 is 6.03 Å². The summed E-state index contributed by atoms with van der Waals surface area (Å²) in [4.78, 5) is 24.1. The van der Waals surface area contributed by atoms with E-state index in [4.69, 9.17) is 0 Å². The molecule has 10 heteroatoms. The van der Waals surface area contributed by atoms with Crippen molar-refractivity contribution in [1.82, 2.24) is 0 Å². The van der Waals surface area contributed by atoms with Gasteiger partial charge < -0.3 is 16.0 Å². The van der Waals surface area contributed by atoms with E-state index in [1.807, 2.05) is 0 Å². The molecule has 0 aliphatic carbocycles. The van der Waals surface area contributed by atoms with Crippen molar-refractivity contribution in [3.05, 3.63) is 78.6 Å². The van der Waals surface area contributed by atoms with Gasteiger partial charge in [0.1, 0.15) is 5.82 Å². The van der Waals surface area contributed by atoms with Gasteiger partial charge in [-0.1, -0.05) is 20.8 Å². The Balaban J connectivity index is 1.60. The van der Waals surface area contributed by atoms with Crippen molar-refractivity contribution >= 4 is 44.7 Å². The first-order chi connectivity index (χ1) is 15.9. The molecule has 0 heterocycles. The maximum absolute atomic E-state index is 12.9. The van der Waals surface area contributed by atoms with Gasteiger partial charge in [0.05, 0.1) is 4.90 Å². The number of rotatable bonds is 6. The number of carbonyl (C=O) groups excluding carboxylic acids is 2. The molecule has 0 atom stereocenters. The van der Waals surface area contributed by atoms with Crippen LogP contribution in [0.2, 0.25) is 0 Å². The minimum absolute atomic E-state index is 0.00195. The predicted molar refractivity (Wildman–Crippen MR) is 131 cm³/mol. The standard InChI is InChI=1S/C24H25FN4O4S/c1-24(2,3)22(30)26-17-8-10-20(11-9-17)29-34(32,33)21-14-12-19(13-15-21)28-23(31)27-18-6-4-16(25)5-7-18/h4-15,29H,1-3H3,(H,26,30)(H2,27,28,31). The summed E-state index contributed by atoms with van der Waals surface area (Å²) >= 11 is 0. The average Bonchev–Trinajstić information content (AvgIpc) is 2.76. The molecule has 0 aromatic heterocycles. The Hall–Kier alpha value is -3.92. The molecule has 0 saturated carbocycles. The Morgan fingerprint density at radius 1 is 0.676 bits per heavy atom. The number of hydrogen-bond acceptors (Lipinski definition) is 4. The van der Waals surface area contributed by atoms with Gasteiger partial charge in [-0.15, -0.1) is 0 Å². The number of nitrogens with one attached hydrogen (secondary N) is 4. The maximum Gasteiger partial charge on any atom is 0.323 e. The van der Waals surface area contributed by atoms with Crippen LogP contribution in [0.15, 0.2) is 77.7 Å². The highest BCUT2D eigenvalue weighted by Crippen LogP contribution is 2.22. The first-order valence-electron chi connectivity index (χ1n) is 10.3. The predicted octanol–water partition coefficient (Wildman–Crippen LogP) is 5.26. The van der Waals surface area contributed by atoms with Crippen molar-refractivity contribution in [1.29, 1.82) is 0 Å². The van der Waals surface area contributed by atoms with Gasteiger partial charge in [-0.2, -0.15) is 0 Å². The molecule has 8 nitrogen and oxygen atoms in total. The number of sulfonamides is 1. The zero-order chi connectivity index (χ0) is 24.9. The Morgan fingerprint density at radius 3 is 1.59 bits per heavy atom. The van der Waals surface area contributed by atoms with Crippen molar-refractivity contribution in [2.45, 2.75) is 25.7 Å². The lowest BCUT2D eigenvalue weighted by Crippen LogP contribution is -2.27. The molecular formula is C24H25FN4O4S. The van der Waals surface area contributed by atoms with Gasteiger partial charge in [0.25, 0.3) is 10.0 Å². The minimum Gasteiger partial charge on any atom is -0.326 e. The molecule has 3 amide bonds. The zero-order valence-electron chi connectivity index (χ0n) is 18.8. The normalized spacial score (nSPS) is 11.4. The molecule has 0 aliphatic rings. The van der Waals surface area contributed by atoms with Crippen molar-refractivity contribution in [2.24, 2.45) is 5.41 Å². The van der Waals surface area contributed by atoms with Crippen LogP contribution in [0.25, 0.3) is 0 Å². The van der Waals surface area contributed by atoms with Crippen LogP contribution in [0.3, 0.4) is 0 Å². The lowest BCUT2D eigenvalue weighted by Gasteiger charge is -2.17. The van der Waals surface area contributed by atoms with Crippen LogP contribution in [0.1, 0.15) is 20.8 Å². The Kier molecular flexibility index (Phi) is 7.21. The highest BCUT2D eigenvalue weighted by Gasteiger charge is 2.21. The van der Waals surface area contributed by atoms with Crippen LogP contribution in [-0.4, -0.2) is 20.4 Å². The molecule has 3 aromatic carbocycles. The first-order valence-corrected chi connectivity index (χ1v) is 11.8. The van der Waals surface area contributed by atoms with Crippen molar-refractivity contribution in [3.8, 4) is 0 Å². The number of benzene rings is 3. The van der Waals surface area contributed by atoms with E-state index in [-0.39, 0.29) is 10.8 Å². The molecule has 0 unspecified atom stereocenters. The quantitative estimate of drug-likeness (QED) is 0.382. The van der Waals surface area contributed by atoms with E-state index in [9.17, 15) is 22.4 Å². The second kappa shape index (κ2) is 9.92. The van der Waals surface area contributed by atoms with Crippen LogP contribution < -0.4 is 20.7 Å². The molecule has 4 N–H and O–H groups in total. The minimum atomic E-state index is -3.87. The van der Waals surface area contributed by atoms with E-state index in [0.29, 0.717) is 22.7 Å². The van der Waals surface area contributed by atoms with Crippen molar-refractivity contribution in [3.63, 3.8) is 0 Å². The van der Waals surface area contributed by atoms with Crippen LogP contribution in [0.5, 0.6) is 0 Å². The molecule has 0 saturated heterocycles. The molecule has 0 aliphatic heterocycles. The molecule has 178 valence electrons. The zero-order valence-corrected chi connectivity index (χ0v) is 19.7. The first kappa shape index (κ1) is 24.7. The molecule has 3 aromatic rings. The van der Waals surface area contributed by atoms with Crippen LogP contribution in [0.4, 0.5) is 31.9 Å². The summed E-state index contributed by atoms with van der Waals surface area (Å²) in [5.41, 5.74) is 1.11. The third-order valence-electron chi connectivity index (χ3n) is 4.60. The molecule has 3 rings (SSSR count). The topological polar surface area (TPSA) is 116 Å². The van der Waals surface area contributed by atoms with Gasteiger partial charge in [-0.25, -0.2) is 17.6 Å². The second-order valence-corrected chi connectivity index (χ2v) is 10.2. The van der Waals surface area contributed by atoms with Gasteiger partial charge in [0.2, 0.25) is 5.91 Å². The fourth-order valence-electron chi connectivity index (χ4n) is 2.70. The van der Waals surface area contributed by atoms with E-state index in [1.54, 1.807) is 45.0 Å². The smallest absolute Gasteiger partial charge is 0.323 e. The molecule has 34 heavy (non-hydrogen) atoms. The lowest BCUT2D eigenvalue weighted by molar-refractivity contribution is -0.123. The molecular weight excluding hydrogens is 459 g/mol. The summed E-state index contributed by atoms with van der Waals surface area (Å²) in [6, 6.07) is 16.6. The van der Waals surface area contributed by atoms with Crippen molar-refractivity contribution in [2.75, 3.05) is 20.7 Å². The second-order valence-electron chi connectivity index (χ2n) is 8.50. The van der Waals surface area contributed by atoms with E-state index in [1.165, 1.54) is 48.5 Å². The van der Waals surface area contributed by atoms with E-state index in [0.717, 1.165) is 0 Å². The van der Waals surface area contributed by atoms with Gasteiger partial charge in [-0.05, 0) is 72.8 Å². The summed E-state index contributed by atoms with van der Waals surface area (Å²) in [6.45, 7) is 5.39. The fourth-order valence-corrected chi connectivity index (χ4v) is 3.76. The van der Waals surface area contributed by atoms with Gasteiger partial charge in [-0.3, -0.25) is 9.52 Å². The van der Waals surface area contributed by atoms with Gasteiger partial charge in [0.15, 0.2) is 0 Å².